The van der Waals surface area contributed by atoms with Crippen molar-refractivity contribution in [2.45, 2.75) is 37.6 Å². The first kappa shape index (κ1) is 22.3. The number of alkyl halides is 3. The lowest BCUT2D eigenvalue weighted by Crippen LogP contribution is -2.45. The second kappa shape index (κ2) is 8.93. The lowest BCUT2D eigenvalue weighted by atomic mass is 9.69. The average Bonchev–Trinajstić information content (AvgIpc) is 2.75. The van der Waals surface area contributed by atoms with Crippen LogP contribution in [-0.4, -0.2) is 39.6 Å². The van der Waals surface area contributed by atoms with E-state index in [0.717, 1.165) is 12.4 Å². The van der Waals surface area contributed by atoms with Gasteiger partial charge in [0.05, 0.1) is 17.9 Å². The SMILES string of the molecule is NC1=NC2(c3cc(NC(=O)c4cnc(OC(F)F)cn4)ccc3F)CCC(F)CC2CS1. The molecule has 1 amide bonds. The maximum atomic E-state index is 14.9. The number of carbonyl (C=O) groups excluding carboxylic acids is 1. The van der Waals surface area contributed by atoms with Gasteiger partial charge in [0.1, 0.15) is 17.7 Å². The minimum atomic E-state index is -3.06. The number of nitrogens with one attached hydrogen (secondary N) is 1. The Morgan fingerprint density at radius 1 is 1.31 bits per heavy atom. The minimum Gasteiger partial charge on any atom is -0.415 e. The van der Waals surface area contributed by atoms with E-state index in [4.69, 9.17) is 5.73 Å². The summed E-state index contributed by atoms with van der Waals surface area (Å²) >= 11 is 1.32. The van der Waals surface area contributed by atoms with Gasteiger partial charge in [-0.1, -0.05) is 11.8 Å². The number of amidine groups is 1. The number of nitrogens with zero attached hydrogens (tertiary/aromatic N) is 3. The minimum absolute atomic E-state index is 0.150. The predicted octanol–water partition coefficient (Wildman–Crippen LogP) is 3.86. The zero-order valence-corrected chi connectivity index (χ0v) is 17.4. The first-order valence-corrected chi connectivity index (χ1v) is 10.8. The van der Waals surface area contributed by atoms with Crippen molar-refractivity contribution in [2.75, 3.05) is 11.1 Å². The molecule has 1 fully saturated rings. The van der Waals surface area contributed by atoms with Gasteiger partial charge >= 0.3 is 6.61 Å². The third-order valence-corrected chi connectivity index (χ3v) is 6.51. The Morgan fingerprint density at radius 2 is 2.12 bits per heavy atom. The first-order valence-electron chi connectivity index (χ1n) is 9.77. The average molecular weight is 469 g/mol. The molecule has 1 saturated carbocycles. The summed E-state index contributed by atoms with van der Waals surface area (Å²) in [6.07, 6.45) is 1.68. The molecule has 0 saturated heterocycles. The molecule has 2 heterocycles. The quantitative estimate of drug-likeness (QED) is 0.645. The molecule has 1 aromatic carbocycles. The van der Waals surface area contributed by atoms with E-state index in [1.54, 1.807) is 0 Å². The van der Waals surface area contributed by atoms with Gasteiger partial charge in [-0.15, -0.1) is 0 Å². The second-order valence-electron chi connectivity index (χ2n) is 7.52. The monoisotopic (exact) mass is 469 g/mol. The number of rotatable bonds is 5. The Hall–Kier alpha value is -2.89. The molecule has 3 atom stereocenters. The van der Waals surface area contributed by atoms with Crippen LogP contribution in [0.1, 0.15) is 35.3 Å². The summed E-state index contributed by atoms with van der Waals surface area (Å²) < 4.78 is 57.5. The summed E-state index contributed by atoms with van der Waals surface area (Å²) in [5.74, 6) is -1.35. The van der Waals surface area contributed by atoms with E-state index in [2.05, 4.69) is 25.0 Å². The van der Waals surface area contributed by atoms with E-state index >= 15 is 0 Å². The van der Waals surface area contributed by atoms with Crippen LogP contribution in [0.3, 0.4) is 0 Å². The number of aromatic nitrogens is 2. The topological polar surface area (TPSA) is 102 Å². The van der Waals surface area contributed by atoms with Crippen molar-refractivity contribution in [3.8, 4) is 5.88 Å². The molecule has 170 valence electrons. The van der Waals surface area contributed by atoms with Gasteiger partial charge in [-0.3, -0.25) is 9.79 Å². The lowest BCUT2D eigenvalue weighted by Gasteiger charge is -2.45. The number of aliphatic imine (C=N–C) groups is 1. The number of anilines is 1. The van der Waals surface area contributed by atoms with Crippen molar-refractivity contribution in [2.24, 2.45) is 16.6 Å². The molecule has 0 radical (unpaired) electrons. The van der Waals surface area contributed by atoms with Gasteiger partial charge in [0.2, 0.25) is 5.88 Å². The lowest BCUT2D eigenvalue weighted by molar-refractivity contribution is -0.0531. The summed E-state index contributed by atoms with van der Waals surface area (Å²) in [7, 11) is 0. The Labute approximate surface area is 184 Å². The standard InChI is InChI=1S/C20H19F4N5O2S/c21-11-3-4-20(10(5-11)9-32-19(25)29-20)13-6-12(1-2-14(13)22)28-17(30)15-7-27-16(8-26-15)31-18(23)24/h1-2,6-8,10-11,18H,3-5,9H2,(H2,25,29)(H,28,30). The van der Waals surface area contributed by atoms with Gasteiger partial charge in [0.15, 0.2) is 5.17 Å². The Morgan fingerprint density at radius 3 is 2.84 bits per heavy atom. The van der Waals surface area contributed by atoms with E-state index in [1.807, 2.05) is 0 Å². The van der Waals surface area contributed by atoms with E-state index in [0.29, 0.717) is 17.3 Å². The number of hydrogen-bond acceptors (Lipinski definition) is 7. The van der Waals surface area contributed by atoms with Gasteiger partial charge in [-0.2, -0.15) is 8.78 Å². The summed E-state index contributed by atoms with van der Waals surface area (Å²) in [6, 6.07) is 4.04. The number of amides is 1. The molecule has 2 aliphatic rings. The number of carbonyl (C=O) groups is 1. The third kappa shape index (κ3) is 4.50. The van der Waals surface area contributed by atoms with Crippen LogP contribution in [0.2, 0.25) is 0 Å². The highest BCUT2D eigenvalue weighted by Gasteiger charge is 2.48. The number of fused-ring (bicyclic) bond motifs is 1. The van der Waals surface area contributed by atoms with Gasteiger partial charge in [0, 0.05) is 22.9 Å². The first-order chi connectivity index (χ1) is 15.3. The van der Waals surface area contributed by atoms with Crippen LogP contribution >= 0.6 is 11.8 Å². The van der Waals surface area contributed by atoms with Crippen LogP contribution in [0.15, 0.2) is 35.6 Å². The molecule has 1 aliphatic carbocycles. The van der Waals surface area contributed by atoms with E-state index in [-0.39, 0.29) is 35.7 Å². The molecule has 7 nitrogen and oxygen atoms in total. The second-order valence-corrected chi connectivity index (χ2v) is 8.56. The van der Waals surface area contributed by atoms with E-state index in [1.165, 1.54) is 30.0 Å². The smallest absolute Gasteiger partial charge is 0.388 e. The molecule has 12 heteroatoms. The number of benzene rings is 1. The van der Waals surface area contributed by atoms with Crippen molar-refractivity contribution >= 4 is 28.5 Å². The summed E-state index contributed by atoms with van der Waals surface area (Å²) in [5.41, 5.74) is 5.29. The van der Waals surface area contributed by atoms with Crippen LogP contribution in [0.4, 0.5) is 23.2 Å². The normalized spacial score (nSPS) is 25.1. The molecule has 1 aliphatic heterocycles. The fourth-order valence-electron chi connectivity index (χ4n) is 4.10. The molecule has 32 heavy (non-hydrogen) atoms. The molecule has 2 aromatic rings. The molecule has 0 bridgehead atoms. The molecule has 3 unspecified atom stereocenters. The van der Waals surface area contributed by atoms with Gasteiger partial charge in [0.25, 0.3) is 5.91 Å². The molecule has 0 spiro atoms. The Kier molecular flexibility index (Phi) is 6.22. The summed E-state index contributed by atoms with van der Waals surface area (Å²) in [5, 5.41) is 2.89. The highest BCUT2D eigenvalue weighted by molar-refractivity contribution is 8.13. The highest BCUT2D eigenvalue weighted by Crippen LogP contribution is 2.50. The van der Waals surface area contributed by atoms with Crippen molar-refractivity contribution in [1.29, 1.82) is 0 Å². The maximum Gasteiger partial charge on any atom is 0.388 e. The molecule has 1 aromatic heterocycles. The number of halogens is 4. The van der Waals surface area contributed by atoms with Crippen LogP contribution in [0.5, 0.6) is 5.88 Å². The van der Waals surface area contributed by atoms with E-state index in [9.17, 15) is 22.4 Å². The summed E-state index contributed by atoms with van der Waals surface area (Å²) in [6.45, 7) is -3.06. The van der Waals surface area contributed by atoms with Crippen LogP contribution in [0.25, 0.3) is 0 Å². The highest BCUT2D eigenvalue weighted by atomic mass is 32.2. The maximum absolute atomic E-state index is 14.9. The van der Waals surface area contributed by atoms with Crippen molar-refractivity contribution < 1.29 is 27.1 Å². The largest absolute Gasteiger partial charge is 0.415 e. The van der Waals surface area contributed by atoms with Crippen LogP contribution in [0, 0.1) is 11.7 Å². The van der Waals surface area contributed by atoms with Crippen molar-refractivity contribution in [3.05, 3.63) is 47.7 Å². The van der Waals surface area contributed by atoms with Crippen molar-refractivity contribution in [3.63, 3.8) is 0 Å². The molecule has 4 rings (SSSR count). The van der Waals surface area contributed by atoms with Crippen molar-refractivity contribution in [1.82, 2.24) is 9.97 Å². The van der Waals surface area contributed by atoms with Gasteiger partial charge < -0.3 is 15.8 Å². The fraction of sp³-hybridized carbons (Fsp3) is 0.400. The van der Waals surface area contributed by atoms with Gasteiger partial charge in [-0.05, 0) is 37.5 Å². The molecular formula is C20H19F4N5O2S. The number of hydrogen-bond donors (Lipinski definition) is 2. The Balaban J connectivity index is 1.60. The number of thioether (sulfide) groups is 1. The number of ether oxygens (including phenoxy) is 1. The van der Waals surface area contributed by atoms with E-state index < -0.39 is 35.9 Å². The zero-order chi connectivity index (χ0) is 22.9. The third-order valence-electron chi connectivity index (χ3n) is 5.56. The van der Waals surface area contributed by atoms with Gasteiger partial charge in [-0.25, -0.2) is 18.7 Å². The fourth-order valence-corrected chi connectivity index (χ4v) is 5.11. The predicted molar refractivity (Wildman–Crippen MR) is 111 cm³/mol. The zero-order valence-electron chi connectivity index (χ0n) is 16.6. The molecule has 3 N–H and O–H groups in total. The van der Waals surface area contributed by atoms with Crippen LogP contribution < -0.4 is 15.8 Å². The number of nitrogens with two attached hydrogens (primary N) is 1. The van der Waals surface area contributed by atoms with Crippen LogP contribution in [-0.2, 0) is 5.54 Å². The Bertz CT molecular complexity index is 1040. The summed E-state index contributed by atoms with van der Waals surface area (Å²) in [4.78, 5) is 24.4. The molecular weight excluding hydrogens is 450 g/mol.